The van der Waals surface area contributed by atoms with E-state index in [1.165, 1.54) is 24.3 Å². The Labute approximate surface area is 129 Å². The molecule has 0 aliphatic carbocycles. The molecular formula is C8H8ClKO4. The Kier molecular flexibility index (Phi) is 8.71. The number of carbonyl (C=O) groups is 2. The van der Waals surface area contributed by atoms with Gasteiger partial charge in [-0.15, -0.1) is 12.4 Å². The van der Waals surface area contributed by atoms with Crippen LogP contribution in [-0.4, -0.2) is 73.5 Å². The molecule has 2 N–H and O–H groups in total. The van der Waals surface area contributed by atoms with Gasteiger partial charge in [-0.3, -0.25) is 0 Å². The van der Waals surface area contributed by atoms with Crippen molar-refractivity contribution >= 4 is 75.7 Å². The molecule has 0 unspecified atom stereocenters. The van der Waals surface area contributed by atoms with Crippen LogP contribution in [0.3, 0.4) is 0 Å². The van der Waals surface area contributed by atoms with Gasteiger partial charge in [0.05, 0.1) is 11.1 Å². The molecule has 14 heavy (non-hydrogen) atoms. The van der Waals surface area contributed by atoms with E-state index < -0.39 is 11.9 Å². The topological polar surface area (TPSA) is 74.6 Å². The number of halogens is 1. The van der Waals surface area contributed by atoms with E-state index in [9.17, 15) is 9.59 Å². The molecule has 0 saturated heterocycles. The number of hydrogen-bond acceptors (Lipinski definition) is 2. The number of carboxylic acid groups (broad SMARTS) is 2. The second-order valence-corrected chi connectivity index (χ2v) is 2.16. The maximum absolute atomic E-state index is 10.5. The molecule has 1 aromatic carbocycles. The first-order valence-corrected chi connectivity index (χ1v) is 3.18. The van der Waals surface area contributed by atoms with Gasteiger partial charge in [-0.1, -0.05) is 12.1 Å². The van der Waals surface area contributed by atoms with Crippen molar-refractivity contribution in [3.63, 3.8) is 0 Å². The van der Waals surface area contributed by atoms with Gasteiger partial charge in [0.15, 0.2) is 0 Å². The summed E-state index contributed by atoms with van der Waals surface area (Å²) in [6.07, 6.45) is 0. The van der Waals surface area contributed by atoms with E-state index in [1.807, 2.05) is 0 Å². The SMILES string of the molecule is Cl.O=C(O)c1ccccc1C(=O)O.[KH]. The van der Waals surface area contributed by atoms with E-state index >= 15 is 0 Å². The van der Waals surface area contributed by atoms with E-state index in [4.69, 9.17) is 10.2 Å². The predicted octanol–water partition coefficient (Wildman–Crippen LogP) is 0.856. The molecule has 1 aromatic rings. The molecule has 0 saturated carbocycles. The number of hydrogen-bond donors (Lipinski definition) is 2. The van der Waals surface area contributed by atoms with Crippen LogP contribution in [0, 0.1) is 0 Å². The van der Waals surface area contributed by atoms with Gasteiger partial charge in [0, 0.05) is 0 Å². The van der Waals surface area contributed by atoms with Gasteiger partial charge in [-0.05, 0) is 12.1 Å². The Morgan fingerprint density at radius 2 is 1.21 bits per heavy atom. The first kappa shape index (κ1) is 16.5. The molecule has 0 spiro atoms. The molecule has 0 aliphatic heterocycles. The molecule has 0 radical (unpaired) electrons. The van der Waals surface area contributed by atoms with Crippen LogP contribution < -0.4 is 0 Å². The van der Waals surface area contributed by atoms with E-state index in [2.05, 4.69) is 0 Å². The van der Waals surface area contributed by atoms with Gasteiger partial charge >= 0.3 is 63.3 Å². The van der Waals surface area contributed by atoms with Crippen LogP contribution in [0.1, 0.15) is 20.7 Å². The van der Waals surface area contributed by atoms with E-state index in [-0.39, 0.29) is 74.9 Å². The zero-order valence-electron chi connectivity index (χ0n) is 6.43. The van der Waals surface area contributed by atoms with Gasteiger partial charge in [-0.2, -0.15) is 0 Å². The van der Waals surface area contributed by atoms with Crippen molar-refractivity contribution in [2.24, 2.45) is 0 Å². The van der Waals surface area contributed by atoms with Crippen molar-refractivity contribution < 1.29 is 19.8 Å². The zero-order valence-corrected chi connectivity index (χ0v) is 7.25. The van der Waals surface area contributed by atoms with Crippen molar-refractivity contribution in [3.8, 4) is 0 Å². The third kappa shape index (κ3) is 4.08. The van der Waals surface area contributed by atoms with E-state index in [1.54, 1.807) is 0 Å². The summed E-state index contributed by atoms with van der Waals surface area (Å²) >= 11 is 0. The second-order valence-electron chi connectivity index (χ2n) is 2.16. The van der Waals surface area contributed by atoms with Crippen LogP contribution in [0.4, 0.5) is 0 Å². The Balaban J connectivity index is 0. The minimum atomic E-state index is -1.23. The molecule has 0 amide bonds. The van der Waals surface area contributed by atoms with E-state index in [0.29, 0.717) is 0 Å². The van der Waals surface area contributed by atoms with Crippen LogP contribution in [0.2, 0.25) is 0 Å². The van der Waals surface area contributed by atoms with Crippen molar-refractivity contribution in [3.05, 3.63) is 35.4 Å². The Bertz CT molecular complexity index is 307. The van der Waals surface area contributed by atoms with Crippen LogP contribution >= 0.6 is 12.4 Å². The third-order valence-corrected chi connectivity index (χ3v) is 1.39. The molecule has 0 aromatic heterocycles. The van der Waals surface area contributed by atoms with Crippen LogP contribution in [0.5, 0.6) is 0 Å². The molecule has 6 heteroatoms. The Morgan fingerprint density at radius 3 is 1.43 bits per heavy atom. The van der Waals surface area contributed by atoms with Crippen LogP contribution in [0.15, 0.2) is 24.3 Å². The summed E-state index contributed by atoms with van der Waals surface area (Å²) in [6, 6.07) is 5.48. The molecule has 72 valence electrons. The second kappa shape index (κ2) is 7.39. The Hall–Kier alpha value is 0.0864. The molecule has 0 heterocycles. The fourth-order valence-electron chi connectivity index (χ4n) is 0.856. The van der Waals surface area contributed by atoms with Crippen LogP contribution in [0.25, 0.3) is 0 Å². The quantitative estimate of drug-likeness (QED) is 0.755. The summed E-state index contributed by atoms with van der Waals surface area (Å²) in [7, 11) is 0. The summed E-state index contributed by atoms with van der Waals surface area (Å²) in [5.74, 6) is -2.46. The Morgan fingerprint density at radius 1 is 0.929 bits per heavy atom. The molecule has 0 aliphatic rings. The number of rotatable bonds is 2. The minimum absolute atomic E-state index is 0. The fraction of sp³-hybridized carbons (Fsp3) is 0. The van der Waals surface area contributed by atoms with Crippen molar-refractivity contribution in [2.45, 2.75) is 0 Å². The number of benzene rings is 1. The summed E-state index contributed by atoms with van der Waals surface area (Å²) < 4.78 is 0. The summed E-state index contributed by atoms with van der Waals surface area (Å²) in [5, 5.41) is 17.1. The van der Waals surface area contributed by atoms with Crippen molar-refractivity contribution in [2.75, 3.05) is 0 Å². The average Bonchev–Trinajstić information content (AvgIpc) is 2.04. The monoisotopic (exact) mass is 242 g/mol. The first-order valence-electron chi connectivity index (χ1n) is 3.18. The first-order chi connectivity index (χ1) is 5.63. The molecule has 0 fully saturated rings. The van der Waals surface area contributed by atoms with Gasteiger partial charge in [0.2, 0.25) is 0 Å². The molecule has 0 atom stereocenters. The van der Waals surface area contributed by atoms with Crippen molar-refractivity contribution in [1.29, 1.82) is 0 Å². The van der Waals surface area contributed by atoms with Gasteiger partial charge < -0.3 is 10.2 Å². The number of aromatic carboxylic acids is 2. The van der Waals surface area contributed by atoms with Crippen LogP contribution in [-0.2, 0) is 0 Å². The molecular weight excluding hydrogens is 235 g/mol. The number of carboxylic acids is 2. The molecule has 0 bridgehead atoms. The standard InChI is InChI=1S/C8H6O4.ClH.K.H/c9-7(10)5-3-1-2-4-6(5)8(11)12;;;/h1-4H,(H,9,10)(H,11,12);1H;;. The van der Waals surface area contributed by atoms with Gasteiger partial charge in [0.1, 0.15) is 0 Å². The fourth-order valence-corrected chi connectivity index (χ4v) is 0.856. The summed E-state index contributed by atoms with van der Waals surface area (Å²) in [4.78, 5) is 20.9. The summed E-state index contributed by atoms with van der Waals surface area (Å²) in [6.45, 7) is 0. The average molecular weight is 243 g/mol. The molecule has 4 nitrogen and oxygen atoms in total. The normalized spacial score (nSPS) is 8.00. The van der Waals surface area contributed by atoms with E-state index in [0.717, 1.165) is 0 Å². The predicted molar refractivity (Wildman–Crippen MR) is 54.8 cm³/mol. The zero-order chi connectivity index (χ0) is 9.14. The molecule has 1 rings (SSSR count). The van der Waals surface area contributed by atoms with Gasteiger partial charge in [0.25, 0.3) is 0 Å². The van der Waals surface area contributed by atoms with Crippen molar-refractivity contribution in [1.82, 2.24) is 0 Å². The van der Waals surface area contributed by atoms with Gasteiger partial charge in [-0.25, -0.2) is 9.59 Å². The maximum atomic E-state index is 10.5. The third-order valence-electron chi connectivity index (χ3n) is 1.39. The summed E-state index contributed by atoms with van der Waals surface area (Å²) in [5.41, 5.74) is -0.380.